The van der Waals surface area contributed by atoms with Crippen molar-refractivity contribution in [2.75, 3.05) is 5.73 Å². The average molecular weight is 320 g/mol. The first kappa shape index (κ1) is 18.1. The average Bonchev–Trinajstić information content (AvgIpc) is 3.00. The van der Waals surface area contributed by atoms with E-state index in [0.717, 1.165) is 29.0 Å². The maximum absolute atomic E-state index is 5.61. The molecule has 0 unspecified atom stereocenters. The lowest BCUT2D eigenvalue weighted by Crippen LogP contribution is -1.90. The Bertz CT molecular complexity index is 552. The van der Waals surface area contributed by atoms with E-state index in [0.29, 0.717) is 11.7 Å². The van der Waals surface area contributed by atoms with Crippen LogP contribution in [-0.4, -0.2) is 16.2 Å². The fourth-order valence-corrected chi connectivity index (χ4v) is 2.24. The maximum atomic E-state index is 5.61. The van der Waals surface area contributed by atoms with Crippen LogP contribution in [0.25, 0.3) is 10.6 Å². The molecule has 0 aromatic carbocycles. The standard InChI is InChI=1S/C14H18N4OS.C2H6/c1-2-3-4-7-18-19-10-11-5-6-12(16-8-11)13-9-17-14(15)20-13;1-2/h5-9H,2-4,10H2,1H3,(H2,15,17);1-2H3/b18-7+;. The van der Waals surface area contributed by atoms with Gasteiger partial charge in [0.05, 0.1) is 10.6 Å². The van der Waals surface area contributed by atoms with Crippen LogP contribution in [-0.2, 0) is 11.4 Å². The van der Waals surface area contributed by atoms with E-state index in [1.165, 1.54) is 17.8 Å². The summed E-state index contributed by atoms with van der Waals surface area (Å²) in [7, 11) is 0. The predicted octanol–water partition coefficient (Wildman–Crippen LogP) is 4.51. The van der Waals surface area contributed by atoms with E-state index in [1.807, 2.05) is 32.2 Å². The smallest absolute Gasteiger partial charge is 0.180 e. The third-order valence-electron chi connectivity index (χ3n) is 2.67. The molecule has 120 valence electrons. The van der Waals surface area contributed by atoms with Crippen LogP contribution in [0.2, 0.25) is 0 Å². The SMILES string of the molecule is CC.CCCC/C=N/OCc1ccc(-c2cnc(N)s2)nc1. The fourth-order valence-electron chi connectivity index (χ4n) is 1.57. The van der Waals surface area contributed by atoms with Crippen LogP contribution in [0.15, 0.2) is 29.7 Å². The minimum Gasteiger partial charge on any atom is -0.391 e. The molecule has 0 atom stereocenters. The number of rotatable bonds is 7. The van der Waals surface area contributed by atoms with E-state index in [4.69, 9.17) is 10.6 Å². The van der Waals surface area contributed by atoms with E-state index in [-0.39, 0.29) is 0 Å². The number of nitrogens with zero attached hydrogens (tertiary/aromatic N) is 3. The second kappa shape index (κ2) is 10.7. The van der Waals surface area contributed by atoms with Gasteiger partial charge in [0.15, 0.2) is 5.13 Å². The topological polar surface area (TPSA) is 73.4 Å². The van der Waals surface area contributed by atoms with Crippen molar-refractivity contribution in [3.63, 3.8) is 0 Å². The molecule has 2 aromatic rings. The van der Waals surface area contributed by atoms with E-state index in [9.17, 15) is 0 Å². The highest BCUT2D eigenvalue weighted by atomic mass is 32.1. The summed E-state index contributed by atoms with van der Waals surface area (Å²) in [5, 5.41) is 4.46. The molecule has 0 saturated heterocycles. The first-order valence-electron chi connectivity index (χ1n) is 7.60. The molecule has 0 aliphatic carbocycles. The number of nitrogen functional groups attached to an aromatic ring is 1. The van der Waals surface area contributed by atoms with Crippen molar-refractivity contribution < 1.29 is 4.84 Å². The van der Waals surface area contributed by atoms with Gasteiger partial charge < -0.3 is 10.6 Å². The molecule has 0 aliphatic rings. The quantitative estimate of drug-likeness (QED) is 0.463. The maximum Gasteiger partial charge on any atom is 0.180 e. The van der Waals surface area contributed by atoms with Crippen LogP contribution in [0.4, 0.5) is 5.13 Å². The van der Waals surface area contributed by atoms with Gasteiger partial charge in [0, 0.05) is 24.2 Å². The van der Waals surface area contributed by atoms with Gasteiger partial charge in [0.25, 0.3) is 0 Å². The lowest BCUT2D eigenvalue weighted by molar-refractivity contribution is 0.131. The second-order valence-corrected chi connectivity index (χ2v) is 5.38. The number of anilines is 1. The Hall–Kier alpha value is -1.95. The summed E-state index contributed by atoms with van der Waals surface area (Å²) < 4.78 is 0. The molecule has 2 heterocycles. The molecule has 2 N–H and O–H groups in total. The monoisotopic (exact) mass is 320 g/mol. The van der Waals surface area contributed by atoms with Crippen molar-refractivity contribution in [2.24, 2.45) is 5.16 Å². The highest BCUT2D eigenvalue weighted by Gasteiger charge is 2.03. The van der Waals surface area contributed by atoms with Gasteiger partial charge in [-0.1, -0.05) is 49.8 Å². The largest absolute Gasteiger partial charge is 0.391 e. The number of aromatic nitrogens is 2. The summed E-state index contributed by atoms with van der Waals surface area (Å²) in [6.07, 6.45) is 8.59. The highest BCUT2D eigenvalue weighted by molar-refractivity contribution is 7.18. The summed E-state index contributed by atoms with van der Waals surface area (Å²) in [4.78, 5) is 14.6. The zero-order valence-electron chi connectivity index (χ0n) is 13.5. The molecule has 2 rings (SSSR count). The molecule has 0 spiro atoms. The van der Waals surface area contributed by atoms with Gasteiger partial charge >= 0.3 is 0 Å². The van der Waals surface area contributed by atoms with Crippen LogP contribution in [0.1, 0.15) is 45.6 Å². The van der Waals surface area contributed by atoms with Gasteiger partial charge in [-0.2, -0.15) is 0 Å². The Labute approximate surface area is 136 Å². The summed E-state index contributed by atoms with van der Waals surface area (Å²) in [5.74, 6) is 0. The Morgan fingerprint density at radius 3 is 2.68 bits per heavy atom. The molecule has 0 radical (unpaired) electrons. The third kappa shape index (κ3) is 6.22. The predicted molar refractivity (Wildman–Crippen MR) is 93.9 cm³/mol. The Morgan fingerprint density at radius 2 is 2.09 bits per heavy atom. The second-order valence-electron chi connectivity index (χ2n) is 4.32. The van der Waals surface area contributed by atoms with E-state index in [1.54, 1.807) is 12.4 Å². The molecule has 2 aromatic heterocycles. The van der Waals surface area contributed by atoms with Crippen molar-refractivity contribution >= 4 is 22.7 Å². The highest BCUT2D eigenvalue weighted by Crippen LogP contribution is 2.25. The number of oxime groups is 1. The van der Waals surface area contributed by atoms with Crippen LogP contribution in [0, 0.1) is 0 Å². The zero-order valence-corrected chi connectivity index (χ0v) is 14.3. The van der Waals surface area contributed by atoms with Crippen molar-refractivity contribution in [2.45, 2.75) is 46.6 Å². The van der Waals surface area contributed by atoms with Crippen molar-refractivity contribution in [1.29, 1.82) is 0 Å². The number of hydrogen-bond acceptors (Lipinski definition) is 6. The van der Waals surface area contributed by atoms with Crippen LogP contribution < -0.4 is 5.73 Å². The lowest BCUT2D eigenvalue weighted by Gasteiger charge is -2.01. The van der Waals surface area contributed by atoms with Crippen molar-refractivity contribution in [3.05, 3.63) is 30.1 Å². The summed E-state index contributed by atoms with van der Waals surface area (Å²) in [6.45, 7) is 6.58. The van der Waals surface area contributed by atoms with Crippen molar-refractivity contribution in [1.82, 2.24) is 9.97 Å². The molecule has 0 aliphatic heterocycles. The minimum absolute atomic E-state index is 0.431. The van der Waals surface area contributed by atoms with Gasteiger partial charge in [0.2, 0.25) is 0 Å². The number of pyridine rings is 1. The molecular formula is C16H24N4OS. The molecule has 5 nitrogen and oxygen atoms in total. The van der Waals surface area contributed by atoms with Gasteiger partial charge in [0.1, 0.15) is 6.61 Å². The third-order valence-corrected chi connectivity index (χ3v) is 3.52. The van der Waals surface area contributed by atoms with Crippen LogP contribution in [0.5, 0.6) is 0 Å². The number of nitrogens with two attached hydrogens (primary N) is 1. The molecule has 0 saturated carbocycles. The number of thiazole rings is 1. The first-order valence-corrected chi connectivity index (χ1v) is 8.41. The Morgan fingerprint density at radius 1 is 1.27 bits per heavy atom. The van der Waals surface area contributed by atoms with Crippen LogP contribution in [0.3, 0.4) is 0 Å². The van der Waals surface area contributed by atoms with Crippen molar-refractivity contribution in [3.8, 4) is 10.6 Å². The molecule has 0 bridgehead atoms. The summed E-state index contributed by atoms with van der Waals surface area (Å²) >= 11 is 1.43. The van der Waals surface area contributed by atoms with Gasteiger partial charge in [-0.05, 0) is 18.9 Å². The normalized spacial score (nSPS) is 10.3. The molecule has 0 fully saturated rings. The number of hydrogen-bond donors (Lipinski definition) is 1. The first-order chi connectivity index (χ1) is 10.8. The molecule has 6 heteroatoms. The molecule has 0 amide bonds. The Balaban J connectivity index is 0.00000116. The Kier molecular flexibility index (Phi) is 8.83. The van der Waals surface area contributed by atoms with Crippen LogP contribution >= 0.6 is 11.3 Å². The van der Waals surface area contributed by atoms with Gasteiger partial charge in [-0.15, -0.1) is 0 Å². The number of unbranched alkanes of at least 4 members (excludes halogenated alkanes) is 2. The van der Waals surface area contributed by atoms with E-state index in [2.05, 4.69) is 22.0 Å². The fraction of sp³-hybridized carbons (Fsp3) is 0.438. The lowest BCUT2D eigenvalue weighted by atomic mass is 10.2. The summed E-state index contributed by atoms with van der Waals surface area (Å²) in [5.41, 5.74) is 7.46. The minimum atomic E-state index is 0.431. The molecule has 22 heavy (non-hydrogen) atoms. The van der Waals surface area contributed by atoms with Gasteiger partial charge in [-0.3, -0.25) is 4.98 Å². The zero-order chi connectivity index (χ0) is 16.2. The molecular weight excluding hydrogens is 296 g/mol. The van der Waals surface area contributed by atoms with E-state index < -0.39 is 0 Å². The summed E-state index contributed by atoms with van der Waals surface area (Å²) in [6, 6.07) is 3.91. The van der Waals surface area contributed by atoms with Gasteiger partial charge in [-0.25, -0.2) is 4.98 Å². The van der Waals surface area contributed by atoms with E-state index >= 15 is 0 Å².